The lowest BCUT2D eigenvalue weighted by Gasteiger charge is -2.18. The van der Waals surface area contributed by atoms with E-state index in [2.05, 4.69) is 39.0 Å². The second kappa shape index (κ2) is 51.5. The van der Waals surface area contributed by atoms with Crippen LogP contribution < -0.4 is 0 Å². The molecule has 0 amide bonds. The number of ether oxygens (including phenoxy) is 3. The van der Waals surface area contributed by atoms with Crippen molar-refractivity contribution >= 4 is 17.9 Å². The van der Waals surface area contributed by atoms with Gasteiger partial charge in [0.25, 0.3) is 0 Å². The maximum absolute atomic E-state index is 12.8. The number of carbonyl (C=O) groups excluding carboxylic acids is 3. The lowest BCUT2D eigenvalue weighted by atomic mass is 10.0. The Balaban J connectivity index is 4.36. The number of carbonyl (C=O) groups is 3. The topological polar surface area (TPSA) is 78.9 Å². The van der Waals surface area contributed by atoms with Gasteiger partial charge in [-0.15, -0.1) is 0 Å². The molecule has 0 aromatic rings. The average molecular weight is 873 g/mol. The van der Waals surface area contributed by atoms with Gasteiger partial charge in [0.15, 0.2) is 6.10 Å². The van der Waals surface area contributed by atoms with Gasteiger partial charge in [-0.2, -0.15) is 0 Å². The molecule has 1 unspecified atom stereocenters. The van der Waals surface area contributed by atoms with E-state index in [1.165, 1.54) is 199 Å². The fourth-order valence-corrected chi connectivity index (χ4v) is 8.09. The monoisotopic (exact) mass is 873 g/mol. The summed E-state index contributed by atoms with van der Waals surface area (Å²) in [5.74, 6) is -0.936. The largest absolute Gasteiger partial charge is 0.462 e. The van der Waals surface area contributed by atoms with E-state index >= 15 is 0 Å². The van der Waals surface area contributed by atoms with Crippen molar-refractivity contribution in [2.75, 3.05) is 13.2 Å². The number of esters is 3. The molecule has 0 heterocycles. The Labute approximate surface area is 385 Å². The van der Waals surface area contributed by atoms with Crippen LogP contribution in [-0.2, 0) is 28.6 Å². The summed E-state index contributed by atoms with van der Waals surface area (Å²) in [6.07, 6.45) is 58.9. The summed E-state index contributed by atoms with van der Waals surface area (Å²) >= 11 is 0. The van der Waals surface area contributed by atoms with Gasteiger partial charge in [0.2, 0.25) is 0 Å². The summed E-state index contributed by atoms with van der Waals surface area (Å²) in [6, 6.07) is 0. The van der Waals surface area contributed by atoms with Crippen molar-refractivity contribution in [2.45, 2.75) is 303 Å². The van der Waals surface area contributed by atoms with E-state index in [-0.39, 0.29) is 37.5 Å². The molecule has 0 aliphatic carbocycles. The second-order valence-electron chi connectivity index (χ2n) is 18.5. The summed E-state index contributed by atoms with van der Waals surface area (Å²) < 4.78 is 16.8. The lowest BCUT2D eigenvalue weighted by molar-refractivity contribution is -0.166. The molecule has 6 nitrogen and oxygen atoms in total. The third kappa shape index (κ3) is 48.9. The maximum Gasteiger partial charge on any atom is 0.306 e. The molecule has 62 heavy (non-hydrogen) atoms. The van der Waals surface area contributed by atoms with Crippen LogP contribution in [0.25, 0.3) is 0 Å². The first-order chi connectivity index (χ1) is 30.5. The van der Waals surface area contributed by atoms with Gasteiger partial charge in [-0.25, -0.2) is 0 Å². The van der Waals surface area contributed by atoms with Gasteiger partial charge in [0, 0.05) is 19.3 Å². The zero-order chi connectivity index (χ0) is 45.1. The van der Waals surface area contributed by atoms with E-state index in [0.29, 0.717) is 19.3 Å². The molecule has 0 bridgehead atoms. The highest BCUT2D eigenvalue weighted by atomic mass is 16.6. The van der Waals surface area contributed by atoms with Gasteiger partial charge in [-0.3, -0.25) is 14.4 Å². The molecule has 0 aliphatic rings. The predicted molar refractivity (Wildman–Crippen MR) is 266 cm³/mol. The predicted octanol–water partition coefficient (Wildman–Crippen LogP) is 17.9. The van der Waals surface area contributed by atoms with Crippen LogP contribution in [0.1, 0.15) is 297 Å². The van der Waals surface area contributed by atoms with Gasteiger partial charge < -0.3 is 14.2 Å². The molecule has 364 valence electrons. The lowest BCUT2D eigenvalue weighted by Crippen LogP contribution is -2.30. The molecule has 0 radical (unpaired) electrons. The molecule has 0 rings (SSSR count). The molecule has 0 saturated heterocycles. The Hall–Kier alpha value is -2.11. The molecule has 0 spiro atoms. The molecule has 0 aromatic heterocycles. The Bertz CT molecular complexity index is 1000. The first kappa shape index (κ1) is 59.9. The summed E-state index contributed by atoms with van der Waals surface area (Å²) in [4.78, 5) is 38.0. The fourth-order valence-electron chi connectivity index (χ4n) is 8.09. The number of unbranched alkanes of at least 4 members (excludes halogenated alkanes) is 35. The van der Waals surface area contributed by atoms with Crippen molar-refractivity contribution in [1.82, 2.24) is 0 Å². The Morgan fingerprint density at radius 1 is 0.323 bits per heavy atom. The van der Waals surface area contributed by atoms with Gasteiger partial charge in [-0.05, 0) is 38.5 Å². The first-order valence-corrected chi connectivity index (χ1v) is 27.3. The van der Waals surface area contributed by atoms with Crippen molar-refractivity contribution in [3.63, 3.8) is 0 Å². The third-order valence-corrected chi connectivity index (χ3v) is 12.2. The molecule has 0 aliphatic heterocycles. The van der Waals surface area contributed by atoms with Crippen LogP contribution in [0.15, 0.2) is 24.3 Å². The van der Waals surface area contributed by atoms with Gasteiger partial charge in [0.05, 0.1) is 0 Å². The molecule has 0 aromatic carbocycles. The van der Waals surface area contributed by atoms with Crippen molar-refractivity contribution in [1.29, 1.82) is 0 Å². The van der Waals surface area contributed by atoms with Gasteiger partial charge >= 0.3 is 17.9 Å². The van der Waals surface area contributed by atoms with E-state index in [1.54, 1.807) is 0 Å². The van der Waals surface area contributed by atoms with Crippen molar-refractivity contribution < 1.29 is 28.6 Å². The maximum atomic E-state index is 12.8. The van der Waals surface area contributed by atoms with Crippen LogP contribution >= 0.6 is 0 Å². The summed E-state index contributed by atoms with van der Waals surface area (Å²) in [5.41, 5.74) is 0. The van der Waals surface area contributed by atoms with Crippen molar-refractivity contribution in [3.05, 3.63) is 24.3 Å². The molecule has 0 N–H and O–H groups in total. The SMILES string of the molecule is CCCCCCCC/C=C/C/C=C/CCC(=O)OCC(COC(=O)CCCCCCCCCCCCCCCCCCC)OC(=O)CCCCCCCCCCCCCCCC. The standard InChI is InChI=1S/C56H104O6/c1-4-7-10-13-16-19-22-25-27-28-29-32-34-37-40-43-46-49-55(58)61-52-53(51-60-54(57)48-45-42-39-36-33-30-24-21-18-15-12-9-6-3)62-56(59)50-47-44-41-38-35-31-26-23-20-17-14-11-8-5-2/h30,33,39,42,53H,4-29,31-32,34-38,40-41,43-52H2,1-3H3/b33-30+,42-39+. The molecular weight excluding hydrogens is 769 g/mol. The highest BCUT2D eigenvalue weighted by Gasteiger charge is 2.19. The molecule has 0 saturated carbocycles. The average Bonchev–Trinajstić information content (AvgIpc) is 3.27. The zero-order valence-corrected chi connectivity index (χ0v) is 41.7. The number of hydrogen-bond donors (Lipinski definition) is 0. The van der Waals surface area contributed by atoms with Crippen LogP contribution in [0.4, 0.5) is 0 Å². The van der Waals surface area contributed by atoms with Crippen LogP contribution in [0.3, 0.4) is 0 Å². The van der Waals surface area contributed by atoms with E-state index in [0.717, 1.165) is 51.4 Å². The second-order valence-corrected chi connectivity index (χ2v) is 18.5. The van der Waals surface area contributed by atoms with Crippen LogP contribution in [0.5, 0.6) is 0 Å². The fraction of sp³-hybridized carbons (Fsp3) is 0.875. The summed E-state index contributed by atoms with van der Waals surface area (Å²) in [5, 5.41) is 0. The van der Waals surface area contributed by atoms with Crippen molar-refractivity contribution in [3.8, 4) is 0 Å². The quantitative estimate of drug-likeness (QED) is 0.0262. The first-order valence-electron chi connectivity index (χ1n) is 27.3. The van der Waals surface area contributed by atoms with Crippen molar-refractivity contribution in [2.24, 2.45) is 0 Å². The highest BCUT2D eigenvalue weighted by Crippen LogP contribution is 2.16. The minimum absolute atomic E-state index is 0.0828. The third-order valence-electron chi connectivity index (χ3n) is 12.2. The van der Waals surface area contributed by atoms with Gasteiger partial charge in [-0.1, -0.05) is 263 Å². The summed E-state index contributed by atoms with van der Waals surface area (Å²) in [6.45, 7) is 6.62. The van der Waals surface area contributed by atoms with E-state index < -0.39 is 6.10 Å². The Kier molecular flexibility index (Phi) is 49.8. The number of allylic oxidation sites excluding steroid dienone is 4. The van der Waals surface area contributed by atoms with Crippen LogP contribution in [-0.4, -0.2) is 37.2 Å². The molecule has 0 fully saturated rings. The minimum Gasteiger partial charge on any atom is -0.462 e. The molecular formula is C56H104O6. The molecule has 1 atom stereocenters. The van der Waals surface area contributed by atoms with E-state index in [9.17, 15) is 14.4 Å². The van der Waals surface area contributed by atoms with Crippen LogP contribution in [0, 0.1) is 0 Å². The van der Waals surface area contributed by atoms with E-state index in [4.69, 9.17) is 14.2 Å². The minimum atomic E-state index is -0.787. The number of rotatable bonds is 50. The zero-order valence-electron chi connectivity index (χ0n) is 41.7. The molecule has 6 heteroatoms. The smallest absolute Gasteiger partial charge is 0.306 e. The van der Waals surface area contributed by atoms with E-state index in [1.807, 2.05) is 6.08 Å². The highest BCUT2D eigenvalue weighted by molar-refractivity contribution is 5.71. The number of hydrogen-bond acceptors (Lipinski definition) is 6. The Morgan fingerprint density at radius 3 is 0.984 bits per heavy atom. The summed E-state index contributed by atoms with van der Waals surface area (Å²) in [7, 11) is 0. The normalized spacial score (nSPS) is 12.1. The van der Waals surface area contributed by atoms with Crippen LogP contribution in [0.2, 0.25) is 0 Å². The Morgan fingerprint density at radius 2 is 0.613 bits per heavy atom. The van der Waals surface area contributed by atoms with Gasteiger partial charge in [0.1, 0.15) is 13.2 Å².